The van der Waals surface area contributed by atoms with Gasteiger partial charge in [0.15, 0.2) is 0 Å². The third-order valence-electron chi connectivity index (χ3n) is 4.10. The minimum atomic E-state index is -0.208. The molecule has 0 saturated carbocycles. The summed E-state index contributed by atoms with van der Waals surface area (Å²) in [5, 5.41) is 6.16. The highest BCUT2D eigenvalue weighted by Crippen LogP contribution is 2.27. The molecule has 3 rings (SSSR count). The number of para-hydroxylation sites is 3. The molecule has 6 nitrogen and oxygen atoms in total. The van der Waals surface area contributed by atoms with Crippen LogP contribution in [0.25, 0.3) is 0 Å². The summed E-state index contributed by atoms with van der Waals surface area (Å²) in [6.45, 7) is 2.88. The summed E-state index contributed by atoms with van der Waals surface area (Å²) in [7, 11) is 1.61. The average molecular weight is 377 g/mol. The molecule has 0 radical (unpaired) electrons. The monoisotopic (exact) mass is 377 g/mol. The average Bonchev–Trinajstić information content (AvgIpc) is 2.74. The lowest BCUT2D eigenvalue weighted by Gasteiger charge is -2.13. The first-order valence-electron chi connectivity index (χ1n) is 9.05. The molecule has 0 spiro atoms. The van der Waals surface area contributed by atoms with Gasteiger partial charge in [-0.1, -0.05) is 30.3 Å². The zero-order valence-corrected chi connectivity index (χ0v) is 15.9. The third-order valence-corrected chi connectivity index (χ3v) is 4.10. The van der Waals surface area contributed by atoms with Crippen LogP contribution in [0, 0.1) is 0 Å². The first-order chi connectivity index (χ1) is 13.7. The van der Waals surface area contributed by atoms with Crippen molar-refractivity contribution in [3.63, 3.8) is 0 Å². The number of carbonyl (C=O) groups is 1. The van der Waals surface area contributed by atoms with Gasteiger partial charge in [-0.3, -0.25) is 9.78 Å². The number of ether oxygens (including phenoxy) is 2. The summed E-state index contributed by atoms with van der Waals surface area (Å²) in [6, 6.07) is 17.0. The molecule has 28 heavy (non-hydrogen) atoms. The van der Waals surface area contributed by atoms with Gasteiger partial charge in [0.25, 0.3) is 5.91 Å². The maximum atomic E-state index is 12.5. The molecule has 0 bridgehead atoms. The Hall–Kier alpha value is -3.54. The lowest BCUT2D eigenvalue weighted by Crippen LogP contribution is -2.23. The molecule has 0 aliphatic rings. The summed E-state index contributed by atoms with van der Waals surface area (Å²) in [5.41, 5.74) is 2.90. The van der Waals surface area contributed by atoms with Crippen molar-refractivity contribution in [3.05, 3.63) is 78.1 Å². The third kappa shape index (κ3) is 4.79. The molecular weight excluding hydrogens is 354 g/mol. The smallest absolute Gasteiger partial charge is 0.253 e. The zero-order chi connectivity index (χ0) is 19.8. The molecule has 144 valence electrons. The van der Waals surface area contributed by atoms with Gasteiger partial charge in [-0.05, 0) is 31.2 Å². The Labute approximate surface area is 164 Å². The molecule has 0 unspecified atom stereocenters. The molecule has 6 heteroatoms. The van der Waals surface area contributed by atoms with Crippen molar-refractivity contribution in [3.8, 4) is 11.5 Å². The van der Waals surface area contributed by atoms with Crippen LogP contribution in [0.1, 0.15) is 22.8 Å². The number of hydrogen-bond donors (Lipinski definition) is 2. The Bertz CT molecular complexity index is 944. The largest absolute Gasteiger partial charge is 0.496 e. The second-order valence-corrected chi connectivity index (χ2v) is 6.01. The molecule has 1 amide bonds. The maximum absolute atomic E-state index is 12.5. The number of pyridine rings is 1. The van der Waals surface area contributed by atoms with Gasteiger partial charge in [0.05, 0.1) is 36.9 Å². The lowest BCUT2D eigenvalue weighted by molar-refractivity contribution is 0.0950. The highest BCUT2D eigenvalue weighted by molar-refractivity contribution is 5.94. The van der Waals surface area contributed by atoms with Crippen LogP contribution in [0.3, 0.4) is 0 Å². The number of nitrogens with one attached hydrogen (secondary N) is 2. The van der Waals surface area contributed by atoms with E-state index in [0.29, 0.717) is 24.4 Å². The van der Waals surface area contributed by atoms with Gasteiger partial charge in [0, 0.05) is 18.3 Å². The molecule has 0 aliphatic carbocycles. The summed E-state index contributed by atoms with van der Waals surface area (Å²) >= 11 is 0. The van der Waals surface area contributed by atoms with Gasteiger partial charge in [-0.15, -0.1) is 0 Å². The number of carbonyl (C=O) groups excluding carboxylic acids is 1. The van der Waals surface area contributed by atoms with E-state index in [-0.39, 0.29) is 5.91 Å². The van der Waals surface area contributed by atoms with E-state index >= 15 is 0 Å². The van der Waals surface area contributed by atoms with Crippen molar-refractivity contribution in [1.29, 1.82) is 0 Å². The van der Waals surface area contributed by atoms with E-state index < -0.39 is 0 Å². The van der Waals surface area contributed by atoms with E-state index in [2.05, 4.69) is 15.6 Å². The van der Waals surface area contributed by atoms with Gasteiger partial charge < -0.3 is 20.1 Å². The number of benzene rings is 2. The van der Waals surface area contributed by atoms with Crippen LogP contribution >= 0.6 is 0 Å². The van der Waals surface area contributed by atoms with Crippen molar-refractivity contribution in [2.24, 2.45) is 0 Å². The van der Waals surface area contributed by atoms with E-state index in [0.717, 1.165) is 22.7 Å². The Morgan fingerprint density at radius 3 is 2.57 bits per heavy atom. The minimum absolute atomic E-state index is 0.208. The van der Waals surface area contributed by atoms with Crippen LogP contribution in [-0.4, -0.2) is 24.6 Å². The van der Waals surface area contributed by atoms with Crippen molar-refractivity contribution < 1.29 is 14.3 Å². The van der Waals surface area contributed by atoms with Gasteiger partial charge in [0.1, 0.15) is 11.5 Å². The van der Waals surface area contributed by atoms with Crippen LogP contribution in [0.15, 0.2) is 67.0 Å². The van der Waals surface area contributed by atoms with Gasteiger partial charge >= 0.3 is 0 Å². The van der Waals surface area contributed by atoms with Crippen molar-refractivity contribution in [1.82, 2.24) is 10.3 Å². The molecule has 2 N–H and O–H groups in total. The zero-order valence-electron chi connectivity index (χ0n) is 15.9. The number of anilines is 2. The van der Waals surface area contributed by atoms with Crippen molar-refractivity contribution >= 4 is 17.3 Å². The number of nitrogens with zero attached hydrogens (tertiary/aromatic N) is 1. The van der Waals surface area contributed by atoms with Gasteiger partial charge in [-0.2, -0.15) is 0 Å². The van der Waals surface area contributed by atoms with Gasteiger partial charge in [-0.25, -0.2) is 0 Å². The van der Waals surface area contributed by atoms with E-state index in [9.17, 15) is 4.79 Å². The van der Waals surface area contributed by atoms with Crippen LogP contribution < -0.4 is 20.1 Å². The molecule has 2 aromatic carbocycles. The second kappa shape index (κ2) is 9.41. The first-order valence-corrected chi connectivity index (χ1v) is 9.05. The number of amides is 1. The maximum Gasteiger partial charge on any atom is 0.253 e. The second-order valence-electron chi connectivity index (χ2n) is 6.01. The van der Waals surface area contributed by atoms with E-state index in [1.54, 1.807) is 19.4 Å². The quantitative estimate of drug-likeness (QED) is 0.617. The fraction of sp³-hybridized carbons (Fsp3) is 0.182. The molecule has 1 heterocycles. The van der Waals surface area contributed by atoms with Crippen LogP contribution in [0.5, 0.6) is 11.5 Å². The normalized spacial score (nSPS) is 10.2. The van der Waals surface area contributed by atoms with Crippen LogP contribution in [-0.2, 0) is 6.54 Å². The number of rotatable bonds is 8. The predicted octanol–water partition coefficient (Wildman–Crippen LogP) is 4.16. The highest BCUT2D eigenvalue weighted by atomic mass is 16.5. The lowest BCUT2D eigenvalue weighted by atomic mass is 10.2. The summed E-state index contributed by atoms with van der Waals surface area (Å²) in [6.07, 6.45) is 3.21. The molecule has 0 atom stereocenters. The number of methoxy groups -OCH3 is 1. The molecule has 0 fully saturated rings. The van der Waals surface area contributed by atoms with E-state index in [1.165, 1.54) is 6.20 Å². The summed E-state index contributed by atoms with van der Waals surface area (Å²) in [4.78, 5) is 16.7. The minimum Gasteiger partial charge on any atom is -0.496 e. The molecule has 0 saturated heterocycles. The molecule has 3 aromatic rings. The van der Waals surface area contributed by atoms with Gasteiger partial charge in [0.2, 0.25) is 0 Å². The standard InChI is InChI=1S/C22H23N3O3/c1-3-28-21-11-7-5-9-19(21)25-18-12-17(13-23-15-18)22(26)24-14-16-8-4-6-10-20(16)27-2/h4-13,15,25H,3,14H2,1-2H3,(H,24,26). The summed E-state index contributed by atoms with van der Waals surface area (Å²) < 4.78 is 10.9. The Morgan fingerprint density at radius 2 is 1.79 bits per heavy atom. The first kappa shape index (κ1) is 19.2. The Balaban J connectivity index is 1.70. The van der Waals surface area contributed by atoms with Crippen LogP contribution in [0.2, 0.25) is 0 Å². The molecular formula is C22H23N3O3. The number of aromatic nitrogens is 1. The van der Waals surface area contributed by atoms with E-state index in [1.807, 2.05) is 55.5 Å². The van der Waals surface area contributed by atoms with Crippen LogP contribution in [0.4, 0.5) is 11.4 Å². The predicted molar refractivity (Wildman–Crippen MR) is 109 cm³/mol. The fourth-order valence-electron chi connectivity index (χ4n) is 2.77. The highest BCUT2D eigenvalue weighted by Gasteiger charge is 2.10. The Morgan fingerprint density at radius 1 is 1.04 bits per heavy atom. The van der Waals surface area contributed by atoms with Crippen molar-refractivity contribution in [2.45, 2.75) is 13.5 Å². The fourth-order valence-corrected chi connectivity index (χ4v) is 2.77. The molecule has 1 aromatic heterocycles. The number of hydrogen-bond acceptors (Lipinski definition) is 5. The summed E-state index contributed by atoms with van der Waals surface area (Å²) in [5.74, 6) is 1.28. The van der Waals surface area contributed by atoms with E-state index in [4.69, 9.17) is 9.47 Å². The topological polar surface area (TPSA) is 72.5 Å². The Kier molecular flexibility index (Phi) is 6.46. The van der Waals surface area contributed by atoms with Crippen molar-refractivity contribution in [2.75, 3.05) is 19.0 Å². The molecule has 0 aliphatic heterocycles. The SMILES string of the molecule is CCOc1ccccc1Nc1cncc(C(=O)NCc2ccccc2OC)c1.